The largest absolute Gasteiger partial charge is 0.384 e. The van der Waals surface area contributed by atoms with E-state index < -0.39 is 5.91 Å². The Morgan fingerprint density at radius 2 is 2.31 bits per heavy atom. The molecule has 0 bridgehead atoms. The maximum absolute atomic E-state index is 11.6. The number of anilines is 2. The number of aryl methyl sites for hydroxylation is 1. The van der Waals surface area contributed by atoms with E-state index in [1.165, 1.54) is 6.20 Å². The number of nitrogens with one attached hydrogen (secondary N) is 1. The third-order valence-electron chi connectivity index (χ3n) is 1.77. The van der Waals surface area contributed by atoms with Gasteiger partial charge < -0.3 is 15.6 Å². The van der Waals surface area contributed by atoms with Gasteiger partial charge in [-0.25, -0.2) is 4.98 Å². The Morgan fingerprint density at radius 1 is 1.50 bits per heavy atom. The number of rotatable bonds is 2. The lowest BCUT2D eigenvalue weighted by Gasteiger charge is -2.00. The van der Waals surface area contributed by atoms with E-state index in [4.69, 9.17) is 5.73 Å². The molecule has 0 spiro atoms. The van der Waals surface area contributed by atoms with Gasteiger partial charge in [-0.1, -0.05) is 5.16 Å². The minimum atomic E-state index is -0.455. The molecule has 0 saturated carbocycles. The fourth-order valence-corrected chi connectivity index (χ4v) is 1.06. The van der Waals surface area contributed by atoms with E-state index in [2.05, 4.69) is 25.0 Å². The molecule has 0 saturated heterocycles. The Balaban J connectivity index is 2.10. The molecule has 3 N–H and O–H groups in total. The Kier molecular flexibility index (Phi) is 2.50. The summed E-state index contributed by atoms with van der Waals surface area (Å²) in [6, 6.07) is 3.21. The van der Waals surface area contributed by atoms with Crippen molar-refractivity contribution in [2.45, 2.75) is 6.92 Å². The lowest BCUT2D eigenvalue weighted by Crippen LogP contribution is -2.13. The van der Waals surface area contributed by atoms with Crippen molar-refractivity contribution in [3.05, 3.63) is 30.0 Å². The van der Waals surface area contributed by atoms with Crippen LogP contribution in [0.15, 0.2) is 22.9 Å². The van der Waals surface area contributed by atoms with Crippen LogP contribution in [0.2, 0.25) is 0 Å². The highest BCUT2D eigenvalue weighted by Gasteiger charge is 2.12. The molecule has 0 aliphatic heterocycles. The van der Waals surface area contributed by atoms with E-state index in [1.54, 1.807) is 19.1 Å². The zero-order valence-corrected chi connectivity index (χ0v) is 8.47. The minimum absolute atomic E-state index is 0.0191. The van der Waals surface area contributed by atoms with Gasteiger partial charge in [-0.05, 0) is 12.1 Å². The number of hydrogen-bond donors (Lipinski definition) is 2. The first kappa shape index (κ1) is 10.1. The number of pyridine rings is 1. The predicted octanol–water partition coefficient (Wildman–Crippen LogP) is 0.608. The molecule has 0 unspecified atom stereocenters. The Hall–Kier alpha value is -2.44. The number of nitrogens with two attached hydrogens (primary N) is 1. The van der Waals surface area contributed by atoms with Crippen molar-refractivity contribution in [3.63, 3.8) is 0 Å². The second-order valence-electron chi connectivity index (χ2n) is 3.06. The molecular formula is C9H9N5O2. The van der Waals surface area contributed by atoms with Gasteiger partial charge in [0.25, 0.3) is 11.7 Å². The summed E-state index contributed by atoms with van der Waals surface area (Å²) in [7, 11) is 0. The van der Waals surface area contributed by atoms with Crippen LogP contribution >= 0.6 is 0 Å². The molecule has 16 heavy (non-hydrogen) atoms. The average molecular weight is 219 g/mol. The fraction of sp³-hybridized carbons (Fsp3) is 0.111. The second-order valence-corrected chi connectivity index (χ2v) is 3.06. The molecule has 82 valence electrons. The normalized spacial score (nSPS) is 10.1. The summed E-state index contributed by atoms with van der Waals surface area (Å²) in [6.45, 7) is 1.61. The van der Waals surface area contributed by atoms with Crippen molar-refractivity contribution >= 4 is 17.4 Å². The second kappa shape index (κ2) is 3.97. The molecular weight excluding hydrogens is 210 g/mol. The fourth-order valence-electron chi connectivity index (χ4n) is 1.06. The van der Waals surface area contributed by atoms with Gasteiger partial charge in [0.05, 0.1) is 11.9 Å². The van der Waals surface area contributed by atoms with Gasteiger partial charge in [-0.15, -0.1) is 0 Å². The highest BCUT2D eigenvalue weighted by Crippen LogP contribution is 2.08. The van der Waals surface area contributed by atoms with Crippen LogP contribution in [0.25, 0.3) is 0 Å². The lowest BCUT2D eigenvalue weighted by atomic mass is 10.4. The Morgan fingerprint density at radius 3 is 2.88 bits per heavy atom. The zero-order valence-electron chi connectivity index (χ0n) is 8.47. The van der Waals surface area contributed by atoms with E-state index in [9.17, 15) is 4.79 Å². The lowest BCUT2D eigenvalue weighted by molar-refractivity contribution is 0.101. The van der Waals surface area contributed by atoms with Crippen LogP contribution in [-0.2, 0) is 0 Å². The monoisotopic (exact) mass is 219 g/mol. The Bertz CT molecular complexity index is 505. The maximum atomic E-state index is 11.6. The maximum Gasteiger partial charge on any atom is 0.297 e. The number of amides is 1. The summed E-state index contributed by atoms with van der Waals surface area (Å²) >= 11 is 0. The van der Waals surface area contributed by atoms with Gasteiger partial charge in [-0.3, -0.25) is 4.79 Å². The molecule has 0 aliphatic carbocycles. The summed E-state index contributed by atoms with van der Waals surface area (Å²) in [5, 5.41) is 6.04. The molecule has 1 amide bonds. The van der Waals surface area contributed by atoms with E-state index >= 15 is 0 Å². The smallest absolute Gasteiger partial charge is 0.297 e. The summed E-state index contributed by atoms with van der Waals surface area (Å²) in [6.07, 6.45) is 1.44. The molecule has 0 fully saturated rings. The van der Waals surface area contributed by atoms with Gasteiger partial charge in [0.1, 0.15) is 5.82 Å². The van der Waals surface area contributed by atoms with Crippen molar-refractivity contribution in [1.29, 1.82) is 0 Å². The number of nitrogens with zero attached hydrogens (tertiary/aromatic N) is 3. The molecule has 0 radical (unpaired) electrons. The third-order valence-corrected chi connectivity index (χ3v) is 1.77. The summed E-state index contributed by atoms with van der Waals surface area (Å²) in [5.41, 5.74) is 5.92. The van der Waals surface area contributed by atoms with Gasteiger partial charge in [0.15, 0.2) is 0 Å². The molecule has 2 aromatic rings. The number of carbonyl (C=O) groups excluding carboxylic acids is 1. The number of hydrogen-bond acceptors (Lipinski definition) is 6. The Labute approximate surface area is 90.7 Å². The van der Waals surface area contributed by atoms with Crippen molar-refractivity contribution in [2.24, 2.45) is 0 Å². The molecule has 2 rings (SSSR count). The number of aromatic nitrogens is 3. The van der Waals surface area contributed by atoms with E-state index in [0.717, 1.165) is 0 Å². The zero-order chi connectivity index (χ0) is 11.5. The van der Waals surface area contributed by atoms with Crippen LogP contribution in [0, 0.1) is 6.92 Å². The molecule has 2 aromatic heterocycles. The molecule has 0 aliphatic rings. The molecule has 2 heterocycles. The SMILES string of the molecule is Cc1nc(C(=O)Nc2ccc(N)nc2)no1. The highest BCUT2D eigenvalue weighted by molar-refractivity contribution is 6.01. The first-order valence-electron chi connectivity index (χ1n) is 4.48. The van der Waals surface area contributed by atoms with E-state index in [-0.39, 0.29) is 5.82 Å². The number of nitrogen functional groups attached to an aromatic ring is 1. The summed E-state index contributed by atoms with van der Waals surface area (Å²) in [5.74, 6) is 0.242. The van der Waals surface area contributed by atoms with Gasteiger partial charge in [-0.2, -0.15) is 4.98 Å². The van der Waals surface area contributed by atoms with Crippen LogP contribution in [-0.4, -0.2) is 21.0 Å². The van der Waals surface area contributed by atoms with Crippen LogP contribution in [0.5, 0.6) is 0 Å². The topological polar surface area (TPSA) is 107 Å². The number of carbonyl (C=O) groups is 1. The molecule has 7 heteroatoms. The quantitative estimate of drug-likeness (QED) is 0.766. The van der Waals surface area contributed by atoms with E-state index in [0.29, 0.717) is 17.4 Å². The highest BCUT2D eigenvalue weighted by atomic mass is 16.5. The first-order valence-corrected chi connectivity index (χ1v) is 4.48. The molecule has 0 atom stereocenters. The van der Waals surface area contributed by atoms with Crippen molar-refractivity contribution < 1.29 is 9.32 Å². The molecule has 7 nitrogen and oxygen atoms in total. The standard InChI is InChI=1S/C9H9N5O2/c1-5-12-8(14-16-5)9(15)13-6-2-3-7(10)11-4-6/h2-4H,1H3,(H2,10,11)(H,13,15). The summed E-state index contributed by atoms with van der Waals surface area (Å²) < 4.78 is 4.68. The van der Waals surface area contributed by atoms with Gasteiger partial charge in [0, 0.05) is 6.92 Å². The predicted molar refractivity (Wildman–Crippen MR) is 55.6 cm³/mol. The van der Waals surface area contributed by atoms with Crippen molar-refractivity contribution in [3.8, 4) is 0 Å². The van der Waals surface area contributed by atoms with Crippen LogP contribution in [0.4, 0.5) is 11.5 Å². The van der Waals surface area contributed by atoms with Crippen LogP contribution < -0.4 is 11.1 Å². The first-order chi connectivity index (χ1) is 7.65. The summed E-state index contributed by atoms with van der Waals surface area (Å²) in [4.78, 5) is 19.2. The van der Waals surface area contributed by atoms with E-state index in [1.807, 2.05) is 0 Å². The van der Waals surface area contributed by atoms with Gasteiger partial charge in [0.2, 0.25) is 5.89 Å². The van der Waals surface area contributed by atoms with Crippen LogP contribution in [0.3, 0.4) is 0 Å². The van der Waals surface area contributed by atoms with Crippen LogP contribution in [0.1, 0.15) is 16.5 Å². The minimum Gasteiger partial charge on any atom is -0.384 e. The van der Waals surface area contributed by atoms with Crippen molar-refractivity contribution in [2.75, 3.05) is 11.1 Å². The average Bonchev–Trinajstić information content (AvgIpc) is 2.68. The van der Waals surface area contributed by atoms with Crippen molar-refractivity contribution in [1.82, 2.24) is 15.1 Å². The third kappa shape index (κ3) is 2.14. The van der Waals surface area contributed by atoms with Gasteiger partial charge >= 0.3 is 0 Å². The molecule has 0 aromatic carbocycles.